The zero-order chi connectivity index (χ0) is 8.55. The topological polar surface area (TPSA) is 42.9 Å². The van der Waals surface area contributed by atoms with Crippen LogP contribution in [-0.4, -0.2) is 15.8 Å². The molecule has 0 spiro atoms. The monoisotopic (exact) mass is 160 g/mol. The fourth-order valence-electron chi connectivity index (χ4n) is 1.29. The Morgan fingerprint density at radius 1 is 1.33 bits per heavy atom. The van der Waals surface area contributed by atoms with Gasteiger partial charge in [0.1, 0.15) is 5.69 Å². The Bertz CT molecular complexity index is 369. The average Bonchev–Trinajstić information content (AvgIpc) is 2.04. The van der Waals surface area contributed by atoms with E-state index in [4.69, 9.17) is 0 Å². The van der Waals surface area contributed by atoms with Crippen molar-refractivity contribution in [3.05, 3.63) is 29.4 Å². The van der Waals surface area contributed by atoms with Crippen molar-refractivity contribution in [1.82, 2.24) is 9.97 Å². The first-order chi connectivity index (χ1) is 5.77. The van der Waals surface area contributed by atoms with E-state index in [0.717, 1.165) is 5.57 Å². The summed E-state index contributed by atoms with van der Waals surface area (Å²) in [7, 11) is 0. The van der Waals surface area contributed by atoms with Crippen LogP contribution < -0.4 is 0 Å². The molecule has 0 aliphatic heterocycles. The van der Waals surface area contributed by atoms with E-state index in [1.165, 1.54) is 0 Å². The summed E-state index contributed by atoms with van der Waals surface area (Å²) < 4.78 is 0. The number of rotatable bonds is 0. The lowest BCUT2D eigenvalue weighted by molar-refractivity contribution is 0.0986. The highest BCUT2D eigenvalue weighted by molar-refractivity contribution is 6.01. The lowest BCUT2D eigenvalue weighted by Crippen LogP contribution is -2.10. The van der Waals surface area contributed by atoms with Gasteiger partial charge in [0.25, 0.3) is 0 Å². The number of Topliss-reactive ketones (excluding diaryl/α,β-unsaturated/α-hetero) is 1. The van der Waals surface area contributed by atoms with Crippen LogP contribution in [0.2, 0.25) is 0 Å². The lowest BCUT2D eigenvalue weighted by atomic mass is 10.00. The Balaban J connectivity index is 2.62. The molecule has 3 nitrogen and oxygen atoms in total. The number of fused-ring (bicyclic) bond motifs is 1. The second-order valence-electron chi connectivity index (χ2n) is 2.88. The highest BCUT2D eigenvalue weighted by atomic mass is 16.1. The summed E-state index contributed by atoms with van der Waals surface area (Å²) in [4.78, 5) is 19.4. The van der Waals surface area contributed by atoms with E-state index in [9.17, 15) is 4.79 Å². The minimum atomic E-state index is 0.0677. The molecule has 0 saturated carbocycles. The van der Waals surface area contributed by atoms with Gasteiger partial charge >= 0.3 is 0 Å². The van der Waals surface area contributed by atoms with Gasteiger partial charge in [-0.1, -0.05) is 5.57 Å². The van der Waals surface area contributed by atoms with Crippen molar-refractivity contribution in [2.24, 2.45) is 0 Å². The van der Waals surface area contributed by atoms with E-state index < -0.39 is 0 Å². The summed E-state index contributed by atoms with van der Waals surface area (Å²) in [6.45, 7) is 1.93. The quantitative estimate of drug-likeness (QED) is 0.577. The van der Waals surface area contributed by atoms with Crippen LogP contribution in [0.15, 0.2) is 18.0 Å². The predicted molar refractivity (Wildman–Crippen MR) is 44.6 cm³/mol. The molecule has 3 heteroatoms. The van der Waals surface area contributed by atoms with Crippen LogP contribution in [0.4, 0.5) is 0 Å². The largest absolute Gasteiger partial charge is 0.292 e. The van der Waals surface area contributed by atoms with Crippen LogP contribution >= 0.6 is 0 Å². The molecule has 2 rings (SSSR count). The van der Waals surface area contributed by atoms with Crippen LogP contribution in [0, 0.1) is 0 Å². The van der Waals surface area contributed by atoms with E-state index in [1.54, 1.807) is 12.4 Å². The maximum atomic E-state index is 11.4. The van der Waals surface area contributed by atoms with Gasteiger partial charge < -0.3 is 0 Å². The fraction of sp³-hybridized carbons (Fsp3) is 0.222. The van der Waals surface area contributed by atoms with Gasteiger partial charge in [0.15, 0.2) is 5.78 Å². The third-order valence-corrected chi connectivity index (χ3v) is 1.81. The summed E-state index contributed by atoms with van der Waals surface area (Å²) in [5, 5.41) is 0. The van der Waals surface area contributed by atoms with Gasteiger partial charge in [-0.2, -0.15) is 0 Å². The smallest absolute Gasteiger partial charge is 0.187 e. The van der Waals surface area contributed by atoms with Crippen LogP contribution in [0.5, 0.6) is 0 Å². The first-order valence-corrected chi connectivity index (χ1v) is 3.79. The molecular weight excluding hydrogens is 152 g/mol. The number of hydrogen-bond acceptors (Lipinski definition) is 3. The third-order valence-electron chi connectivity index (χ3n) is 1.81. The molecule has 0 N–H and O–H groups in total. The van der Waals surface area contributed by atoms with Gasteiger partial charge in [0, 0.05) is 18.8 Å². The van der Waals surface area contributed by atoms with Gasteiger partial charge in [-0.05, 0) is 13.0 Å². The Morgan fingerprint density at radius 3 is 2.92 bits per heavy atom. The summed E-state index contributed by atoms with van der Waals surface area (Å²) >= 11 is 0. The van der Waals surface area contributed by atoms with Crippen molar-refractivity contribution in [2.45, 2.75) is 13.3 Å². The summed E-state index contributed by atoms with van der Waals surface area (Å²) in [6, 6.07) is 0. The molecule has 0 radical (unpaired) electrons. The van der Waals surface area contributed by atoms with Crippen LogP contribution in [-0.2, 0) is 0 Å². The standard InChI is InChI=1S/C9H8N2O/c1-6-4-7-9(8(12)5-6)11-3-2-10-7/h2-4H,5H2,1H3. The SMILES string of the molecule is CC1=Cc2nccnc2C(=O)C1. The molecule has 0 fully saturated rings. The fourth-order valence-corrected chi connectivity index (χ4v) is 1.29. The molecule has 0 unspecified atom stereocenters. The lowest BCUT2D eigenvalue weighted by Gasteiger charge is -2.09. The van der Waals surface area contributed by atoms with Gasteiger partial charge in [-0.25, -0.2) is 4.98 Å². The van der Waals surface area contributed by atoms with E-state index >= 15 is 0 Å². The Kier molecular flexibility index (Phi) is 1.50. The minimum absolute atomic E-state index is 0.0677. The maximum absolute atomic E-state index is 11.4. The molecule has 1 aromatic heterocycles. The predicted octanol–water partition coefficient (Wildman–Crippen LogP) is 1.47. The minimum Gasteiger partial charge on any atom is -0.292 e. The number of ketones is 1. The molecule has 0 saturated heterocycles. The summed E-state index contributed by atoms with van der Waals surface area (Å²) in [5.41, 5.74) is 2.25. The molecule has 1 aromatic rings. The number of carbonyl (C=O) groups excluding carboxylic acids is 1. The molecule has 0 bridgehead atoms. The van der Waals surface area contributed by atoms with Crippen LogP contribution in [0.25, 0.3) is 6.08 Å². The number of nitrogens with zero attached hydrogens (tertiary/aromatic N) is 2. The number of carbonyl (C=O) groups is 1. The first-order valence-electron chi connectivity index (χ1n) is 3.79. The van der Waals surface area contributed by atoms with Gasteiger partial charge in [0.2, 0.25) is 0 Å². The second kappa shape index (κ2) is 2.52. The van der Waals surface area contributed by atoms with Crippen molar-refractivity contribution in [3.63, 3.8) is 0 Å². The normalized spacial score (nSPS) is 15.4. The molecule has 1 aliphatic carbocycles. The Labute approximate surface area is 70.2 Å². The zero-order valence-corrected chi connectivity index (χ0v) is 6.74. The van der Waals surface area contributed by atoms with E-state index in [-0.39, 0.29) is 5.78 Å². The third kappa shape index (κ3) is 1.03. The van der Waals surface area contributed by atoms with Crippen molar-refractivity contribution in [3.8, 4) is 0 Å². The van der Waals surface area contributed by atoms with Crippen LogP contribution in [0.3, 0.4) is 0 Å². The molecular formula is C9H8N2O. The molecule has 0 atom stereocenters. The van der Waals surface area contributed by atoms with E-state index in [1.807, 2.05) is 13.0 Å². The van der Waals surface area contributed by atoms with Crippen molar-refractivity contribution >= 4 is 11.9 Å². The summed E-state index contributed by atoms with van der Waals surface area (Å²) in [6.07, 6.45) is 5.53. The summed E-state index contributed by atoms with van der Waals surface area (Å²) in [5.74, 6) is 0.0677. The van der Waals surface area contributed by atoms with Gasteiger partial charge in [-0.15, -0.1) is 0 Å². The van der Waals surface area contributed by atoms with Crippen molar-refractivity contribution in [2.75, 3.05) is 0 Å². The van der Waals surface area contributed by atoms with E-state index in [2.05, 4.69) is 9.97 Å². The number of aromatic nitrogens is 2. The molecule has 1 aliphatic rings. The van der Waals surface area contributed by atoms with Crippen LogP contribution in [0.1, 0.15) is 29.5 Å². The van der Waals surface area contributed by atoms with E-state index in [0.29, 0.717) is 17.8 Å². The Morgan fingerprint density at radius 2 is 2.08 bits per heavy atom. The molecule has 60 valence electrons. The molecule has 0 amide bonds. The molecule has 0 aromatic carbocycles. The number of allylic oxidation sites excluding steroid dienone is 1. The molecule has 1 heterocycles. The maximum Gasteiger partial charge on any atom is 0.187 e. The zero-order valence-electron chi connectivity index (χ0n) is 6.74. The second-order valence-corrected chi connectivity index (χ2v) is 2.88. The van der Waals surface area contributed by atoms with Gasteiger partial charge in [0.05, 0.1) is 5.69 Å². The average molecular weight is 160 g/mol. The number of hydrogen-bond donors (Lipinski definition) is 0. The highest BCUT2D eigenvalue weighted by Gasteiger charge is 2.17. The highest BCUT2D eigenvalue weighted by Crippen LogP contribution is 2.19. The first kappa shape index (κ1) is 7.16. The van der Waals surface area contributed by atoms with Crippen molar-refractivity contribution < 1.29 is 4.79 Å². The Hall–Kier alpha value is -1.51. The molecule has 12 heavy (non-hydrogen) atoms. The van der Waals surface area contributed by atoms with Gasteiger partial charge in [-0.3, -0.25) is 9.78 Å². The van der Waals surface area contributed by atoms with Crippen molar-refractivity contribution in [1.29, 1.82) is 0 Å².